The number of methoxy groups -OCH3 is 1. The standard InChI is InChI=1S/C21H28N2O2/c1-22(2)21(23(3)4,17-11-7-6-8-12-17)16-15-19(24)18-13-9-10-14-20(18)25-5/h6-14H,15-16H2,1-5H3. The lowest BCUT2D eigenvalue weighted by Gasteiger charge is -2.46. The van der Waals surface area contributed by atoms with Gasteiger partial charge in [-0.2, -0.15) is 0 Å². The van der Waals surface area contributed by atoms with Crippen LogP contribution in [-0.2, 0) is 5.66 Å². The van der Waals surface area contributed by atoms with Crippen molar-refractivity contribution in [1.82, 2.24) is 9.80 Å². The monoisotopic (exact) mass is 340 g/mol. The topological polar surface area (TPSA) is 32.8 Å². The molecule has 0 aliphatic heterocycles. The lowest BCUT2D eigenvalue weighted by atomic mass is 9.89. The lowest BCUT2D eigenvalue weighted by Crippen LogP contribution is -2.52. The molecule has 0 spiro atoms. The van der Waals surface area contributed by atoms with Gasteiger partial charge in [0.15, 0.2) is 5.78 Å². The van der Waals surface area contributed by atoms with Crippen LogP contribution in [0.25, 0.3) is 0 Å². The first-order valence-corrected chi connectivity index (χ1v) is 8.50. The molecular weight excluding hydrogens is 312 g/mol. The molecule has 0 bridgehead atoms. The van der Waals surface area contributed by atoms with Crippen molar-refractivity contribution < 1.29 is 9.53 Å². The van der Waals surface area contributed by atoms with Crippen molar-refractivity contribution in [2.45, 2.75) is 18.5 Å². The Labute approximate surface area is 151 Å². The van der Waals surface area contributed by atoms with Crippen LogP contribution in [0.1, 0.15) is 28.8 Å². The van der Waals surface area contributed by atoms with E-state index in [1.807, 2.05) is 42.5 Å². The second-order valence-corrected chi connectivity index (χ2v) is 6.59. The number of Topliss-reactive ketones (excluding diaryl/α,β-unsaturated/α-hetero) is 1. The molecule has 0 aliphatic carbocycles. The number of hydrogen-bond donors (Lipinski definition) is 0. The van der Waals surface area contributed by atoms with Gasteiger partial charge in [-0.25, -0.2) is 0 Å². The Bertz CT molecular complexity index is 688. The van der Waals surface area contributed by atoms with Crippen molar-refractivity contribution >= 4 is 5.78 Å². The zero-order valence-electron chi connectivity index (χ0n) is 15.8. The molecule has 0 amide bonds. The fraction of sp³-hybridized carbons (Fsp3) is 0.381. The summed E-state index contributed by atoms with van der Waals surface area (Å²) in [7, 11) is 9.82. The summed E-state index contributed by atoms with van der Waals surface area (Å²) in [5, 5.41) is 0. The molecule has 0 saturated carbocycles. The summed E-state index contributed by atoms with van der Waals surface area (Å²) in [4.78, 5) is 17.2. The SMILES string of the molecule is COc1ccccc1C(=O)CCC(c1ccccc1)(N(C)C)N(C)C. The van der Waals surface area contributed by atoms with Gasteiger partial charge in [-0.1, -0.05) is 42.5 Å². The van der Waals surface area contributed by atoms with Gasteiger partial charge in [-0.15, -0.1) is 0 Å². The Kier molecular flexibility index (Phi) is 6.34. The number of ketones is 1. The van der Waals surface area contributed by atoms with E-state index in [1.165, 1.54) is 5.56 Å². The van der Waals surface area contributed by atoms with Gasteiger partial charge in [-0.05, 0) is 52.3 Å². The van der Waals surface area contributed by atoms with Gasteiger partial charge in [0.2, 0.25) is 0 Å². The molecule has 2 aromatic rings. The minimum Gasteiger partial charge on any atom is -0.496 e. The summed E-state index contributed by atoms with van der Waals surface area (Å²) in [5.74, 6) is 0.731. The Morgan fingerprint density at radius 1 is 0.920 bits per heavy atom. The molecule has 4 nitrogen and oxygen atoms in total. The smallest absolute Gasteiger partial charge is 0.166 e. The van der Waals surface area contributed by atoms with E-state index in [1.54, 1.807) is 7.11 Å². The molecule has 4 heteroatoms. The zero-order chi connectivity index (χ0) is 18.4. The predicted molar refractivity (Wildman–Crippen MR) is 102 cm³/mol. The fourth-order valence-electron chi connectivity index (χ4n) is 3.51. The Morgan fingerprint density at radius 2 is 1.48 bits per heavy atom. The average Bonchev–Trinajstić information content (AvgIpc) is 2.62. The summed E-state index contributed by atoms with van der Waals surface area (Å²) < 4.78 is 5.34. The van der Waals surface area contributed by atoms with Gasteiger partial charge in [0, 0.05) is 6.42 Å². The van der Waals surface area contributed by atoms with Crippen molar-refractivity contribution in [2.75, 3.05) is 35.3 Å². The fourth-order valence-corrected chi connectivity index (χ4v) is 3.51. The van der Waals surface area contributed by atoms with Crippen LogP contribution in [0.15, 0.2) is 54.6 Å². The number of para-hydroxylation sites is 1. The summed E-state index contributed by atoms with van der Waals surface area (Å²) in [5.41, 5.74) is 1.47. The Hall–Kier alpha value is -2.17. The molecule has 134 valence electrons. The Morgan fingerprint density at radius 3 is 2.04 bits per heavy atom. The molecule has 2 aromatic carbocycles. The summed E-state index contributed by atoms with van der Waals surface area (Å²) in [6, 6.07) is 17.7. The maximum atomic E-state index is 12.8. The molecule has 0 unspecified atom stereocenters. The van der Waals surface area contributed by atoms with E-state index in [2.05, 4.69) is 50.1 Å². The quantitative estimate of drug-likeness (QED) is 0.543. The largest absolute Gasteiger partial charge is 0.496 e. The number of benzene rings is 2. The van der Waals surface area contributed by atoms with Gasteiger partial charge in [0.05, 0.1) is 18.3 Å². The molecule has 0 radical (unpaired) electrons. The highest BCUT2D eigenvalue weighted by molar-refractivity contribution is 5.98. The molecule has 0 fully saturated rings. The van der Waals surface area contributed by atoms with Crippen LogP contribution >= 0.6 is 0 Å². The Balaban J connectivity index is 2.31. The van der Waals surface area contributed by atoms with Crippen LogP contribution in [-0.4, -0.2) is 50.9 Å². The third-order valence-corrected chi connectivity index (χ3v) is 4.82. The molecule has 0 aliphatic rings. The number of rotatable bonds is 8. The van der Waals surface area contributed by atoms with Crippen LogP contribution in [0.5, 0.6) is 5.75 Å². The van der Waals surface area contributed by atoms with E-state index in [0.717, 1.165) is 0 Å². The van der Waals surface area contributed by atoms with E-state index in [9.17, 15) is 4.79 Å². The highest BCUT2D eigenvalue weighted by atomic mass is 16.5. The minimum absolute atomic E-state index is 0.0986. The molecule has 0 aromatic heterocycles. The van der Waals surface area contributed by atoms with Crippen LogP contribution < -0.4 is 4.74 Å². The van der Waals surface area contributed by atoms with Gasteiger partial charge in [0.1, 0.15) is 5.75 Å². The summed E-state index contributed by atoms with van der Waals surface area (Å²) >= 11 is 0. The molecular formula is C21H28N2O2. The summed E-state index contributed by atoms with van der Waals surface area (Å²) in [6.07, 6.45) is 1.12. The molecule has 0 N–H and O–H groups in total. The maximum Gasteiger partial charge on any atom is 0.166 e. The highest BCUT2D eigenvalue weighted by Gasteiger charge is 2.37. The van der Waals surface area contributed by atoms with Crippen molar-refractivity contribution in [3.8, 4) is 5.75 Å². The van der Waals surface area contributed by atoms with Crippen LogP contribution in [0.4, 0.5) is 0 Å². The van der Waals surface area contributed by atoms with Gasteiger partial charge in [0.25, 0.3) is 0 Å². The van der Waals surface area contributed by atoms with E-state index in [4.69, 9.17) is 4.74 Å². The van der Waals surface area contributed by atoms with E-state index in [-0.39, 0.29) is 11.4 Å². The van der Waals surface area contributed by atoms with Crippen molar-refractivity contribution in [1.29, 1.82) is 0 Å². The second kappa shape index (κ2) is 8.28. The molecule has 0 saturated heterocycles. The number of carbonyl (C=O) groups excluding carboxylic acids is 1. The molecule has 2 rings (SSSR count). The van der Waals surface area contributed by atoms with Gasteiger partial charge in [-0.3, -0.25) is 14.6 Å². The first-order valence-electron chi connectivity index (χ1n) is 8.50. The molecule has 25 heavy (non-hydrogen) atoms. The van der Waals surface area contributed by atoms with Crippen molar-refractivity contribution in [2.24, 2.45) is 0 Å². The number of nitrogens with zero attached hydrogens (tertiary/aromatic N) is 2. The molecule has 0 atom stereocenters. The summed E-state index contributed by atoms with van der Waals surface area (Å²) in [6.45, 7) is 0. The van der Waals surface area contributed by atoms with Gasteiger partial charge >= 0.3 is 0 Å². The van der Waals surface area contributed by atoms with Gasteiger partial charge < -0.3 is 4.74 Å². The van der Waals surface area contributed by atoms with Crippen LogP contribution in [0.3, 0.4) is 0 Å². The van der Waals surface area contributed by atoms with E-state index < -0.39 is 0 Å². The number of carbonyl (C=O) groups is 1. The third kappa shape index (κ3) is 3.91. The normalized spacial score (nSPS) is 11.8. The van der Waals surface area contributed by atoms with E-state index in [0.29, 0.717) is 24.2 Å². The zero-order valence-corrected chi connectivity index (χ0v) is 15.8. The average molecular weight is 340 g/mol. The third-order valence-electron chi connectivity index (χ3n) is 4.82. The predicted octanol–water partition coefficient (Wildman–Crippen LogP) is 3.63. The maximum absolute atomic E-state index is 12.8. The van der Waals surface area contributed by atoms with Crippen molar-refractivity contribution in [3.05, 3.63) is 65.7 Å². The lowest BCUT2D eigenvalue weighted by molar-refractivity contribution is -0.0101. The number of ether oxygens (including phenoxy) is 1. The van der Waals surface area contributed by atoms with E-state index >= 15 is 0 Å². The van der Waals surface area contributed by atoms with Crippen LogP contribution in [0, 0.1) is 0 Å². The highest BCUT2D eigenvalue weighted by Crippen LogP contribution is 2.34. The van der Waals surface area contributed by atoms with Crippen LogP contribution in [0.2, 0.25) is 0 Å². The first-order chi connectivity index (χ1) is 11.9. The number of hydrogen-bond acceptors (Lipinski definition) is 4. The second-order valence-electron chi connectivity index (χ2n) is 6.59. The first kappa shape index (κ1) is 19.2. The van der Waals surface area contributed by atoms with Crippen molar-refractivity contribution in [3.63, 3.8) is 0 Å². The molecule has 0 heterocycles. The minimum atomic E-state index is -0.348.